The van der Waals surface area contributed by atoms with Crippen LogP contribution in [0.4, 0.5) is 0 Å². The normalized spacial score (nSPS) is 12.2. The third-order valence-electron chi connectivity index (χ3n) is 3.01. The molecule has 0 saturated carbocycles. The number of aliphatic carboxylic acids is 1. The number of benzene rings is 1. The van der Waals surface area contributed by atoms with Crippen molar-refractivity contribution in [3.05, 3.63) is 28.8 Å². The highest BCUT2D eigenvalue weighted by Gasteiger charge is 2.19. The van der Waals surface area contributed by atoms with Crippen molar-refractivity contribution in [3.8, 4) is 5.75 Å². The Morgan fingerprint density at radius 2 is 1.89 bits per heavy atom. The molecule has 0 radical (unpaired) electrons. The van der Waals surface area contributed by atoms with Crippen molar-refractivity contribution >= 4 is 5.97 Å². The quantitative estimate of drug-likeness (QED) is 0.795. The standard InChI is InChI=1S/C15H23NO3/c1-5-13(15(17)18)19-14-10(3)7-12(8-11(14)4)9-16-6-2/h7-8,13,16H,5-6,9H2,1-4H3,(H,17,18). The van der Waals surface area contributed by atoms with Crippen LogP contribution >= 0.6 is 0 Å². The first kappa shape index (κ1) is 15.5. The van der Waals surface area contributed by atoms with Gasteiger partial charge in [0.05, 0.1) is 0 Å². The first-order chi connectivity index (χ1) is 8.99. The lowest BCUT2D eigenvalue weighted by atomic mass is 10.1. The van der Waals surface area contributed by atoms with E-state index in [0.29, 0.717) is 12.2 Å². The van der Waals surface area contributed by atoms with E-state index >= 15 is 0 Å². The molecule has 19 heavy (non-hydrogen) atoms. The second kappa shape index (κ2) is 7.14. The van der Waals surface area contributed by atoms with Crippen LogP contribution in [0.3, 0.4) is 0 Å². The molecule has 0 heterocycles. The molecule has 0 aromatic heterocycles. The molecule has 106 valence electrons. The van der Waals surface area contributed by atoms with E-state index in [0.717, 1.165) is 24.2 Å². The monoisotopic (exact) mass is 265 g/mol. The van der Waals surface area contributed by atoms with Gasteiger partial charge in [0.2, 0.25) is 0 Å². The lowest BCUT2D eigenvalue weighted by Crippen LogP contribution is -2.26. The second-order valence-electron chi connectivity index (χ2n) is 4.69. The van der Waals surface area contributed by atoms with Crippen molar-refractivity contribution in [2.75, 3.05) is 6.54 Å². The van der Waals surface area contributed by atoms with Crippen molar-refractivity contribution in [2.24, 2.45) is 0 Å². The molecular weight excluding hydrogens is 242 g/mol. The lowest BCUT2D eigenvalue weighted by Gasteiger charge is -2.18. The van der Waals surface area contributed by atoms with Crippen molar-refractivity contribution in [1.82, 2.24) is 5.32 Å². The summed E-state index contributed by atoms with van der Waals surface area (Å²) in [6, 6.07) is 4.08. The minimum atomic E-state index is -0.918. The summed E-state index contributed by atoms with van der Waals surface area (Å²) < 4.78 is 5.63. The summed E-state index contributed by atoms with van der Waals surface area (Å²) in [6.07, 6.45) is -0.329. The highest BCUT2D eigenvalue weighted by Crippen LogP contribution is 2.26. The predicted molar refractivity (Wildman–Crippen MR) is 75.6 cm³/mol. The molecule has 0 aliphatic carbocycles. The molecule has 1 aromatic rings. The lowest BCUT2D eigenvalue weighted by molar-refractivity contribution is -0.145. The maximum atomic E-state index is 11.0. The molecule has 2 N–H and O–H groups in total. The van der Waals surface area contributed by atoms with Crippen LogP contribution in [0.1, 0.15) is 37.0 Å². The Hall–Kier alpha value is -1.55. The SMILES string of the molecule is CCNCc1cc(C)c(OC(CC)C(=O)O)c(C)c1. The number of carboxylic acid groups (broad SMARTS) is 1. The number of hydrogen-bond acceptors (Lipinski definition) is 3. The topological polar surface area (TPSA) is 58.6 Å². The van der Waals surface area contributed by atoms with Crippen LogP contribution in [0.15, 0.2) is 12.1 Å². The predicted octanol–water partition coefficient (Wildman–Crippen LogP) is 2.65. The van der Waals surface area contributed by atoms with Crippen LogP contribution in [0.5, 0.6) is 5.75 Å². The van der Waals surface area contributed by atoms with E-state index in [9.17, 15) is 4.79 Å². The van der Waals surface area contributed by atoms with Gasteiger partial charge in [-0.2, -0.15) is 0 Å². The fraction of sp³-hybridized carbons (Fsp3) is 0.533. The van der Waals surface area contributed by atoms with Gasteiger partial charge in [0.15, 0.2) is 6.10 Å². The Labute approximate surface area is 114 Å². The molecule has 1 unspecified atom stereocenters. The maximum absolute atomic E-state index is 11.0. The Morgan fingerprint density at radius 1 is 1.32 bits per heavy atom. The number of carboxylic acids is 1. The van der Waals surface area contributed by atoms with Gasteiger partial charge in [0.25, 0.3) is 0 Å². The molecule has 4 heteroatoms. The largest absolute Gasteiger partial charge is 0.479 e. The Balaban J connectivity index is 2.93. The van der Waals surface area contributed by atoms with E-state index in [2.05, 4.69) is 12.2 Å². The molecule has 1 aromatic carbocycles. The number of aryl methyl sites for hydroxylation is 2. The molecule has 1 rings (SSSR count). The number of rotatable bonds is 7. The zero-order chi connectivity index (χ0) is 14.4. The summed E-state index contributed by atoms with van der Waals surface area (Å²) >= 11 is 0. The zero-order valence-corrected chi connectivity index (χ0v) is 12.1. The summed E-state index contributed by atoms with van der Waals surface area (Å²) in [6.45, 7) is 9.51. The van der Waals surface area contributed by atoms with Gasteiger partial charge in [-0.1, -0.05) is 26.0 Å². The van der Waals surface area contributed by atoms with Crippen LogP contribution in [0.25, 0.3) is 0 Å². The van der Waals surface area contributed by atoms with Crippen LogP contribution in [-0.2, 0) is 11.3 Å². The fourth-order valence-electron chi connectivity index (χ4n) is 2.05. The first-order valence-electron chi connectivity index (χ1n) is 6.69. The van der Waals surface area contributed by atoms with Crippen LogP contribution in [0, 0.1) is 13.8 Å². The smallest absolute Gasteiger partial charge is 0.344 e. The van der Waals surface area contributed by atoms with E-state index in [1.165, 1.54) is 5.56 Å². The molecule has 0 spiro atoms. The van der Waals surface area contributed by atoms with Crippen LogP contribution in [-0.4, -0.2) is 23.7 Å². The van der Waals surface area contributed by atoms with Crippen molar-refractivity contribution < 1.29 is 14.6 Å². The van der Waals surface area contributed by atoms with E-state index in [1.807, 2.05) is 32.9 Å². The molecule has 1 atom stereocenters. The van der Waals surface area contributed by atoms with Crippen molar-refractivity contribution in [1.29, 1.82) is 0 Å². The molecule has 4 nitrogen and oxygen atoms in total. The van der Waals surface area contributed by atoms with Gasteiger partial charge in [-0.3, -0.25) is 0 Å². The molecule has 0 amide bonds. The number of ether oxygens (including phenoxy) is 1. The van der Waals surface area contributed by atoms with Crippen molar-refractivity contribution in [2.45, 2.75) is 46.8 Å². The highest BCUT2D eigenvalue weighted by atomic mass is 16.5. The molecule has 0 aliphatic heterocycles. The molecule has 0 fully saturated rings. The summed E-state index contributed by atoms with van der Waals surface area (Å²) in [7, 11) is 0. The fourth-order valence-corrected chi connectivity index (χ4v) is 2.05. The van der Waals surface area contributed by atoms with E-state index < -0.39 is 12.1 Å². The Bertz CT molecular complexity index is 420. The number of nitrogens with one attached hydrogen (secondary N) is 1. The third-order valence-corrected chi connectivity index (χ3v) is 3.01. The van der Waals surface area contributed by atoms with E-state index in [1.54, 1.807) is 0 Å². The van der Waals surface area contributed by atoms with Crippen LogP contribution in [0.2, 0.25) is 0 Å². The first-order valence-corrected chi connectivity index (χ1v) is 6.69. The maximum Gasteiger partial charge on any atom is 0.344 e. The third kappa shape index (κ3) is 4.24. The van der Waals surface area contributed by atoms with Gasteiger partial charge >= 0.3 is 5.97 Å². The molecular formula is C15H23NO3. The second-order valence-corrected chi connectivity index (χ2v) is 4.69. The van der Waals surface area contributed by atoms with E-state index in [4.69, 9.17) is 9.84 Å². The molecule has 0 saturated heterocycles. The molecule has 0 bridgehead atoms. The van der Waals surface area contributed by atoms with Gasteiger partial charge in [-0.25, -0.2) is 4.79 Å². The van der Waals surface area contributed by atoms with Gasteiger partial charge in [-0.15, -0.1) is 0 Å². The summed E-state index contributed by atoms with van der Waals surface area (Å²) in [4.78, 5) is 11.0. The summed E-state index contributed by atoms with van der Waals surface area (Å²) in [5.41, 5.74) is 3.15. The average Bonchev–Trinajstić information content (AvgIpc) is 2.35. The molecule has 0 aliphatic rings. The van der Waals surface area contributed by atoms with Crippen molar-refractivity contribution in [3.63, 3.8) is 0 Å². The zero-order valence-electron chi connectivity index (χ0n) is 12.1. The van der Waals surface area contributed by atoms with Gasteiger partial charge < -0.3 is 15.2 Å². The average molecular weight is 265 g/mol. The van der Waals surface area contributed by atoms with Gasteiger partial charge in [0, 0.05) is 6.54 Å². The minimum absolute atomic E-state index is 0.452. The number of hydrogen-bond donors (Lipinski definition) is 2. The summed E-state index contributed by atoms with van der Waals surface area (Å²) in [5, 5.41) is 12.3. The highest BCUT2D eigenvalue weighted by molar-refractivity contribution is 5.72. The van der Waals surface area contributed by atoms with Gasteiger partial charge in [0.1, 0.15) is 5.75 Å². The Morgan fingerprint density at radius 3 is 2.32 bits per heavy atom. The van der Waals surface area contributed by atoms with Gasteiger partial charge in [-0.05, 0) is 43.5 Å². The summed E-state index contributed by atoms with van der Waals surface area (Å²) in [5.74, 6) is -0.229. The van der Waals surface area contributed by atoms with E-state index in [-0.39, 0.29) is 0 Å². The Kier molecular flexibility index (Phi) is 5.83. The minimum Gasteiger partial charge on any atom is -0.479 e. The van der Waals surface area contributed by atoms with Crippen LogP contribution < -0.4 is 10.1 Å². The number of carbonyl (C=O) groups is 1.